The summed E-state index contributed by atoms with van der Waals surface area (Å²) in [6, 6.07) is 12.8. The van der Waals surface area contributed by atoms with Crippen molar-refractivity contribution in [3.05, 3.63) is 48.0 Å². The molecule has 6 nitrogen and oxygen atoms in total. The molecule has 0 aromatic heterocycles. The summed E-state index contributed by atoms with van der Waals surface area (Å²) in [6.45, 7) is 1.35. The van der Waals surface area contributed by atoms with Gasteiger partial charge in [-0.25, -0.2) is 13.6 Å². The molecule has 1 saturated carbocycles. The average molecular weight is 387 g/mol. The van der Waals surface area contributed by atoms with Crippen molar-refractivity contribution in [3.8, 4) is 23.3 Å². The van der Waals surface area contributed by atoms with Gasteiger partial charge in [0.25, 0.3) is 5.92 Å². The van der Waals surface area contributed by atoms with Crippen LogP contribution in [0.5, 0.6) is 17.2 Å². The number of hydrogen-bond donors (Lipinski definition) is 2. The van der Waals surface area contributed by atoms with E-state index in [2.05, 4.69) is 10.6 Å². The Morgan fingerprint density at radius 3 is 2.46 bits per heavy atom. The number of nitrogens with zero attached hydrogens (tertiary/aromatic N) is 1. The lowest BCUT2D eigenvalue weighted by Crippen LogP contribution is -2.34. The summed E-state index contributed by atoms with van der Waals surface area (Å²) in [6.07, 6.45) is -0.217. The summed E-state index contributed by atoms with van der Waals surface area (Å²) < 4.78 is 37.3. The van der Waals surface area contributed by atoms with Gasteiger partial charge in [-0.2, -0.15) is 5.26 Å². The van der Waals surface area contributed by atoms with E-state index in [1.807, 2.05) is 6.07 Å². The van der Waals surface area contributed by atoms with Crippen molar-refractivity contribution in [2.75, 3.05) is 19.0 Å². The van der Waals surface area contributed by atoms with Gasteiger partial charge in [0.1, 0.15) is 5.75 Å². The highest BCUT2D eigenvalue weighted by Crippen LogP contribution is 2.59. The molecule has 2 aromatic rings. The van der Waals surface area contributed by atoms with Crippen molar-refractivity contribution in [2.45, 2.75) is 19.3 Å². The molecule has 1 fully saturated rings. The molecular weight excluding hydrogens is 368 g/mol. The molecule has 0 bridgehead atoms. The monoisotopic (exact) mass is 387 g/mol. The first-order valence-corrected chi connectivity index (χ1v) is 8.55. The standard InChI is InChI=1S/C20H19F2N3O3/c1-19(11-20(19,21)22)12-24-18(26)25-14-4-6-15(7-5-14)28-16-8-3-13(10-23)9-17(16)27-2/h3-9H,11-12H2,1-2H3,(H2,24,25,26). The summed E-state index contributed by atoms with van der Waals surface area (Å²) in [5, 5.41) is 14.0. The third-order valence-corrected chi connectivity index (χ3v) is 4.64. The lowest BCUT2D eigenvalue weighted by molar-refractivity contribution is 0.0709. The minimum absolute atomic E-state index is 0.0918. The van der Waals surface area contributed by atoms with E-state index < -0.39 is 17.4 Å². The molecule has 0 aliphatic heterocycles. The fraction of sp³-hybridized carbons (Fsp3) is 0.300. The van der Waals surface area contributed by atoms with Gasteiger partial charge < -0.3 is 20.1 Å². The van der Waals surface area contributed by atoms with Crippen LogP contribution in [0.2, 0.25) is 0 Å². The number of nitriles is 1. The molecule has 2 N–H and O–H groups in total. The number of carbonyl (C=O) groups is 1. The quantitative estimate of drug-likeness (QED) is 0.763. The van der Waals surface area contributed by atoms with Crippen LogP contribution < -0.4 is 20.1 Å². The number of halogens is 2. The van der Waals surface area contributed by atoms with Gasteiger partial charge in [-0.3, -0.25) is 0 Å². The molecule has 8 heteroatoms. The van der Waals surface area contributed by atoms with Crippen molar-refractivity contribution < 1.29 is 23.0 Å². The molecule has 1 aliphatic rings. The number of nitrogens with one attached hydrogen (secondary N) is 2. The predicted molar refractivity (Wildman–Crippen MR) is 98.9 cm³/mol. The highest BCUT2D eigenvalue weighted by atomic mass is 19.3. The number of ether oxygens (including phenoxy) is 2. The number of amides is 2. The molecule has 0 saturated heterocycles. The lowest BCUT2D eigenvalue weighted by atomic mass is 10.1. The molecule has 2 amide bonds. The average Bonchev–Trinajstić information content (AvgIpc) is 3.19. The molecule has 0 spiro atoms. The van der Waals surface area contributed by atoms with Crippen LogP contribution in [0.4, 0.5) is 19.3 Å². The number of anilines is 1. The zero-order valence-electron chi connectivity index (χ0n) is 15.4. The van der Waals surface area contributed by atoms with Gasteiger partial charge >= 0.3 is 6.03 Å². The molecular formula is C20H19F2N3O3. The van der Waals surface area contributed by atoms with Gasteiger partial charge in [0, 0.05) is 24.7 Å². The number of urea groups is 1. The van der Waals surface area contributed by atoms with Gasteiger partial charge in [0.15, 0.2) is 11.5 Å². The van der Waals surface area contributed by atoms with E-state index in [0.717, 1.165) is 0 Å². The van der Waals surface area contributed by atoms with Crippen molar-refractivity contribution in [3.63, 3.8) is 0 Å². The number of rotatable bonds is 6. The molecule has 28 heavy (non-hydrogen) atoms. The first-order chi connectivity index (χ1) is 13.3. The van der Waals surface area contributed by atoms with Crippen LogP contribution in [0, 0.1) is 16.7 Å². The normalized spacial score (nSPS) is 19.2. The molecule has 2 aromatic carbocycles. The minimum atomic E-state index is -2.72. The van der Waals surface area contributed by atoms with E-state index in [9.17, 15) is 13.6 Å². The van der Waals surface area contributed by atoms with Gasteiger partial charge in [0.05, 0.1) is 24.2 Å². The highest BCUT2D eigenvalue weighted by Gasteiger charge is 2.67. The van der Waals surface area contributed by atoms with Crippen LogP contribution in [0.1, 0.15) is 18.9 Å². The Hall–Kier alpha value is -3.34. The van der Waals surface area contributed by atoms with E-state index in [4.69, 9.17) is 14.7 Å². The van der Waals surface area contributed by atoms with Crippen LogP contribution in [0.25, 0.3) is 0 Å². The SMILES string of the molecule is COc1cc(C#N)ccc1Oc1ccc(NC(=O)NCC2(C)CC2(F)F)cc1. The molecule has 0 radical (unpaired) electrons. The molecule has 1 unspecified atom stereocenters. The maximum Gasteiger partial charge on any atom is 0.319 e. The van der Waals surface area contributed by atoms with Crippen molar-refractivity contribution in [2.24, 2.45) is 5.41 Å². The molecule has 0 heterocycles. The summed E-state index contributed by atoms with van der Waals surface area (Å²) >= 11 is 0. The Morgan fingerprint density at radius 1 is 1.21 bits per heavy atom. The molecule has 146 valence electrons. The largest absolute Gasteiger partial charge is 0.493 e. The van der Waals surface area contributed by atoms with Crippen LogP contribution in [-0.4, -0.2) is 25.6 Å². The summed E-state index contributed by atoms with van der Waals surface area (Å²) in [7, 11) is 1.48. The first kappa shape index (κ1) is 19.4. The first-order valence-electron chi connectivity index (χ1n) is 8.55. The van der Waals surface area contributed by atoms with Crippen LogP contribution in [0.15, 0.2) is 42.5 Å². The Labute approximate surface area is 161 Å². The van der Waals surface area contributed by atoms with Gasteiger partial charge in [0.2, 0.25) is 0 Å². The van der Waals surface area contributed by atoms with Gasteiger partial charge in [-0.15, -0.1) is 0 Å². The topological polar surface area (TPSA) is 83.4 Å². The second kappa shape index (κ2) is 7.35. The van der Waals surface area contributed by atoms with E-state index in [1.165, 1.54) is 14.0 Å². The fourth-order valence-electron chi connectivity index (χ4n) is 2.64. The predicted octanol–water partition coefficient (Wildman–Crippen LogP) is 4.53. The Bertz CT molecular complexity index is 925. The maximum absolute atomic E-state index is 13.2. The van der Waals surface area contributed by atoms with Crippen LogP contribution >= 0.6 is 0 Å². The number of carbonyl (C=O) groups excluding carboxylic acids is 1. The second-order valence-corrected chi connectivity index (χ2v) is 6.85. The van der Waals surface area contributed by atoms with Crippen molar-refractivity contribution in [1.29, 1.82) is 5.26 Å². The number of alkyl halides is 2. The smallest absolute Gasteiger partial charge is 0.319 e. The van der Waals surface area contributed by atoms with Crippen LogP contribution in [0.3, 0.4) is 0 Å². The summed E-state index contributed by atoms with van der Waals surface area (Å²) in [4.78, 5) is 11.9. The Kier molecular flexibility index (Phi) is 5.10. The highest BCUT2D eigenvalue weighted by molar-refractivity contribution is 5.89. The maximum atomic E-state index is 13.2. The third-order valence-electron chi connectivity index (χ3n) is 4.64. The van der Waals surface area contributed by atoms with E-state index in [1.54, 1.807) is 42.5 Å². The van der Waals surface area contributed by atoms with Crippen molar-refractivity contribution >= 4 is 11.7 Å². The zero-order chi connectivity index (χ0) is 20.4. The van der Waals surface area contributed by atoms with Crippen LogP contribution in [-0.2, 0) is 0 Å². The number of hydrogen-bond acceptors (Lipinski definition) is 4. The third kappa shape index (κ3) is 4.14. The van der Waals surface area contributed by atoms with E-state index in [0.29, 0.717) is 28.5 Å². The van der Waals surface area contributed by atoms with E-state index >= 15 is 0 Å². The summed E-state index contributed by atoms with van der Waals surface area (Å²) in [5.41, 5.74) is -0.223. The second-order valence-electron chi connectivity index (χ2n) is 6.85. The van der Waals surface area contributed by atoms with Gasteiger partial charge in [-0.05, 0) is 36.4 Å². The summed E-state index contributed by atoms with van der Waals surface area (Å²) in [5.74, 6) is -1.35. The minimum Gasteiger partial charge on any atom is -0.493 e. The zero-order valence-corrected chi connectivity index (χ0v) is 15.4. The number of methoxy groups -OCH3 is 1. The van der Waals surface area contributed by atoms with Crippen molar-refractivity contribution in [1.82, 2.24) is 5.32 Å². The van der Waals surface area contributed by atoms with Gasteiger partial charge in [-0.1, -0.05) is 6.92 Å². The lowest BCUT2D eigenvalue weighted by Gasteiger charge is -2.13. The Balaban J connectivity index is 1.57. The number of benzene rings is 2. The Morgan fingerprint density at radius 2 is 1.89 bits per heavy atom. The molecule has 3 rings (SSSR count). The van der Waals surface area contributed by atoms with E-state index in [-0.39, 0.29) is 13.0 Å². The molecule has 1 atom stereocenters. The fourth-order valence-corrected chi connectivity index (χ4v) is 2.64. The molecule has 1 aliphatic carbocycles.